The standard InChI is InChI=1S/C41H55F3N6O3Si/c1-8-52-40(51)38(37-35-17-30(42)22-49(35)25-45-37)50-23-34-33(39(43)44)18-32(26(2)36(34)46-50)29-9-11-31(12-10-29)48-20-28(21-48)19-47-15-13-27(14-16-47)24-53-54(6,7)41(3,4)5/h9-12,18,23,25,27-28,30,38-39H,8,13-17,19-22,24H2,1-7H3/t30-,38?/m1/s1. The number of hydrogen-bond acceptors (Lipinski definition) is 7. The molecule has 5 heterocycles. The van der Waals surface area contributed by atoms with Gasteiger partial charge in [-0.05, 0) is 98.7 Å². The van der Waals surface area contributed by atoms with Gasteiger partial charge in [-0.25, -0.2) is 22.9 Å². The first-order chi connectivity index (χ1) is 25.6. The third-order valence-electron chi connectivity index (χ3n) is 12.4. The number of rotatable bonds is 12. The number of benzene rings is 2. The second-order valence-corrected chi connectivity index (χ2v) is 21.9. The Morgan fingerprint density at radius 3 is 2.41 bits per heavy atom. The van der Waals surface area contributed by atoms with Crippen LogP contribution in [0.5, 0.6) is 0 Å². The summed E-state index contributed by atoms with van der Waals surface area (Å²) in [6, 6.07) is 8.51. The molecule has 3 aliphatic rings. The van der Waals surface area contributed by atoms with Crippen LogP contribution in [-0.4, -0.2) is 90.6 Å². The zero-order valence-electron chi connectivity index (χ0n) is 32.7. The number of piperidine rings is 1. The van der Waals surface area contributed by atoms with Gasteiger partial charge in [-0.2, -0.15) is 5.10 Å². The Morgan fingerprint density at radius 2 is 1.76 bits per heavy atom. The van der Waals surface area contributed by atoms with Crippen LogP contribution in [0.1, 0.15) is 75.5 Å². The number of halogens is 3. The van der Waals surface area contributed by atoms with Gasteiger partial charge in [0.15, 0.2) is 14.4 Å². The second-order valence-electron chi connectivity index (χ2n) is 17.1. The maximum Gasteiger partial charge on any atom is 0.337 e. The van der Waals surface area contributed by atoms with Crippen molar-refractivity contribution in [2.45, 2.75) is 97.2 Å². The van der Waals surface area contributed by atoms with E-state index in [9.17, 15) is 18.0 Å². The van der Waals surface area contributed by atoms with Crippen molar-refractivity contribution in [1.82, 2.24) is 24.2 Å². The molecule has 3 aliphatic heterocycles. The summed E-state index contributed by atoms with van der Waals surface area (Å²) in [5, 5.41) is 5.22. The van der Waals surface area contributed by atoms with Crippen LogP contribution in [0, 0.1) is 18.8 Å². The first kappa shape index (κ1) is 38.6. The Hall–Kier alpha value is -3.68. The summed E-state index contributed by atoms with van der Waals surface area (Å²) in [5.41, 5.74) is 4.44. The van der Waals surface area contributed by atoms with Crippen molar-refractivity contribution in [3.8, 4) is 11.1 Å². The molecule has 0 aliphatic carbocycles. The SMILES string of the molecule is CCOC(=O)C(c1ncn2c1C[C@@H](F)C2)n1cc2c(C(F)F)cc(-c3ccc(N4CC(CN5CCC(CO[Si](C)(C)C(C)(C)C)CC5)C4)cc3)c(C)c2n1. The number of likely N-dealkylation sites (tertiary alicyclic amines) is 1. The Balaban J connectivity index is 1.02. The lowest BCUT2D eigenvalue weighted by Gasteiger charge is -2.44. The molecule has 0 radical (unpaired) electrons. The highest BCUT2D eigenvalue weighted by Crippen LogP contribution is 2.40. The number of hydrogen-bond donors (Lipinski definition) is 0. The predicted molar refractivity (Wildman–Crippen MR) is 208 cm³/mol. The molecule has 1 unspecified atom stereocenters. The molecule has 2 atom stereocenters. The molecular weight excluding hydrogens is 710 g/mol. The monoisotopic (exact) mass is 764 g/mol. The number of carbonyl (C=O) groups is 1. The van der Waals surface area contributed by atoms with Crippen LogP contribution < -0.4 is 4.90 Å². The molecule has 13 heteroatoms. The van der Waals surface area contributed by atoms with Gasteiger partial charge < -0.3 is 23.5 Å². The number of aromatic nitrogens is 4. The molecule has 9 nitrogen and oxygen atoms in total. The molecule has 4 aromatic rings. The summed E-state index contributed by atoms with van der Waals surface area (Å²) in [4.78, 5) is 22.8. The average Bonchev–Trinajstić information content (AvgIpc) is 3.81. The molecule has 2 saturated heterocycles. The lowest BCUT2D eigenvalue weighted by Crippen LogP contribution is -2.52. The third-order valence-corrected chi connectivity index (χ3v) is 16.9. The lowest BCUT2D eigenvalue weighted by atomic mass is 9.93. The van der Waals surface area contributed by atoms with Crippen LogP contribution in [-0.2, 0) is 26.9 Å². The number of carbonyl (C=O) groups excluding carboxylic acids is 1. The van der Waals surface area contributed by atoms with Gasteiger partial charge in [-0.1, -0.05) is 32.9 Å². The van der Waals surface area contributed by atoms with E-state index in [0.717, 1.165) is 56.1 Å². The van der Waals surface area contributed by atoms with E-state index in [0.29, 0.717) is 34.3 Å². The van der Waals surface area contributed by atoms with Crippen molar-refractivity contribution < 1.29 is 27.1 Å². The van der Waals surface area contributed by atoms with Crippen molar-refractivity contribution in [1.29, 1.82) is 0 Å². The number of esters is 1. The second kappa shape index (κ2) is 15.1. The molecular formula is C41H55F3N6O3Si. The lowest BCUT2D eigenvalue weighted by molar-refractivity contribution is -0.146. The van der Waals surface area contributed by atoms with Gasteiger partial charge in [-0.3, -0.25) is 4.68 Å². The highest BCUT2D eigenvalue weighted by atomic mass is 28.4. The van der Waals surface area contributed by atoms with E-state index < -0.39 is 32.9 Å². The zero-order valence-corrected chi connectivity index (χ0v) is 33.7. The maximum absolute atomic E-state index is 14.7. The van der Waals surface area contributed by atoms with Crippen molar-refractivity contribution in [3.05, 3.63) is 65.4 Å². The van der Waals surface area contributed by atoms with Crippen LogP contribution in [0.3, 0.4) is 0 Å². The molecule has 2 aromatic heterocycles. The van der Waals surface area contributed by atoms with Gasteiger partial charge >= 0.3 is 5.97 Å². The average molecular weight is 765 g/mol. The number of anilines is 1. The van der Waals surface area contributed by atoms with Crippen LogP contribution in [0.2, 0.25) is 18.1 Å². The fourth-order valence-electron chi connectivity index (χ4n) is 8.04. The Kier molecular flexibility index (Phi) is 10.8. The minimum Gasteiger partial charge on any atom is -0.464 e. The van der Waals surface area contributed by atoms with E-state index in [-0.39, 0.29) is 35.6 Å². The number of nitrogens with zero attached hydrogens (tertiary/aromatic N) is 6. The first-order valence-electron chi connectivity index (χ1n) is 19.5. The van der Waals surface area contributed by atoms with Crippen molar-refractivity contribution in [2.75, 3.05) is 50.8 Å². The highest BCUT2D eigenvalue weighted by Gasteiger charge is 2.39. The maximum atomic E-state index is 14.7. The van der Waals surface area contributed by atoms with Crippen LogP contribution in [0.25, 0.3) is 22.0 Å². The van der Waals surface area contributed by atoms with Crippen LogP contribution >= 0.6 is 0 Å². The fraction of sp³-hybridized carbons (Fsp3) is 0.585. The third kappa shape index (κ3) is 7.60. The molecule has 0 N–H and O–H groups in total. The van der Waals surface area contributed by atoms with Gasteiger partial charge in [0.05, 0.1) is 30.7 Å². The van der Waals surface area contributed by atoms with E-state index in [1.165, 1.54) is 36.1 Å². The zero-order chi connectivity index (χ0) is 38.5. The van der Waals surface area contributed by atoms with E-state index >= 15 is 0 Å². The van der Waals surface area contributed by atoms with E-state index in [1.54, 1.807) is 11.5 Å². The molecule has 0 spiro atoms. The van der Waals surface area contributed by atoms with Gasteiger partial charge in [-0.15, -0.1) is 0 Å². The van der Waals surface area contributed by atoms with Gasteiger partial charge in [0.1, 0.15) is 6.17 Å². The molecule has 2 aromatic carbocycles. The predicted octanol–water partition coefficient (Wildman–Crippen LogP) is 8.36. The number of alkyl halides is 3. The van der Waals surface area contributed by atoms with Gasteiger partial charge in [0.25, 0.3) is 6.43 Å². The van der Waals surface area contributed by atoms with Crippen LogP contribution in [0.4, 0.5) is 18.9 Å². The van der Waals surface area contributed by atoms with E-state index in [1.807, 2.05) is 19.1 Å². The topological polar surface area (TPSA) is 77.7 Å². The molecule has 0 saturated carbocycles. The summed E-state index contributed by atoms with van der Waals surface area (Å²) >= 11 is 0. The Labute approximate surface area is 317 Å². The summed E-state index contributed by atoms with van der Waals surface area (Å²) in [5.74, 6) is 0.652. The smallest absolute Gasteiger partial charge is 0.337 e. The number of aryl methyl sites for hydroxylation is 1. The molecule has 2 fully saturated rings. The van der Waals surface area contributed by atoms with Crippen molar-refractivity contribution in [3.63, 3.8) is 0 Å². The van der Waals surface area contributed by atoms with E-state index in [4.69, 9.17) is 14.3 Å². The summed E-state index contributed by atoms with van der Waals surface area (Å²) in [7, 11) is -1.71. The summed E-state index contributed by atoms with van der Waals surface area (Å²) < 4.78 is 58.6. The van der Waals surface area contributed by atoms with Crippen LogP contribution in [0.15, 0.2) is 42.9 Å². The number of fused-ring (bicyclic) bond motifs is 2. The summed E-state index contributed by atoms with van der Waals surface area (Å²) in [6.45, 7) is 21.7. The Morgan fingerprint density at radius 1 is 1.06 bits per heavy atom. The minimum absolute atomic E-state index is 0.110. The van der Waals surface area contributed by atoms with Gasteiger partial charge in [0.2, 0.25) is 0 Å². The number of imidazole rings is 1. The normalized spacial score (nSPS) is 19.5. The largest absolute Gasteiger partial charge is 0.464 e. The molecule has 0 bridgehead atoms. The molecule has 292 valence electrons. The first-order valence-corrected chi connectivity index (χ1v) is 22.4. The quantitative estimate of drug-likeness (QED) is 0.106. The minimum atomic E-state index is -2.77. The highest BCUT2D eigenvalue weighted by molar-refractivity contribution is 6.74. The van der Waals surface area contributed by atoms with Crippen molar-refractivity contribution >= 4 is 30.9 Å². The summed E-state index contributed by atoms with van der Waals surface area (Å²) in [6.07, 6.45) is 1.63. The van der Waals surface area contributed by atoms with Gasteiger partial charge in [0, 0.05) is 67.1 Å². The molecule has 7 rings (SSSR count). The van der Waals surface area contributed by atoms with E-state index in [2.05, 4.69) is 60.8 Å². The van der Waals surface area contributed by atoms with Crippen molar-refractivity contribution in [2.24, 2.45) is 11.8 Å². The molecule has 54 heavy (non-hydrogen) atoms. The number of ether oxygens (including phenoxy) is 1. The Bertz CT molecular complexity index is 1960. The fourth-order valence-corrected chi connectivity index (χ4v) is 9.12. The molecule has 0 amide bonds.